The van der Waals surface area contributed by atoms with Crippen molar-refractivity contribution in [2.45, 2.75) is 6.10 Å². The van der Waals surface area contributed by atoms with Crippen LogP contribution in [-0.2, 0) is 28.4 Å². The molecule has 0 spiro atoms. The third-order valence-corrected chi connectivity index (χ3v) is 2.62. The predicted octanol–water partition coefficient (Wildman–Crippen LogP) is -1.57. The van der Waals surface area contributed by atoms with E-state index >= 15 is 0 Å². The molecule has 0 aromatic carbocycles. The lowest BCUT2D eigenvalue weighted by Crippen LogP contribution is -2.21. The molecule has 0 aliphatic heterocycles. The molecule has 3 N–H and O–H groups in total. The van der Waals surface area contributed by atoms with E-state index in [0.29, 0.717) is 72.7 Å². The van der Waals surface area contributed by atoms with Crippen LogP contribution < -0.4 is 0 Å². The van der Waals surface area contributed by atoms with Crippen molar-refractivity contribution in [1.29, 1.82) is 0 Å². The van der Waals surface area contributed by atoms with Gasteiger partial charge in [0, 0.05) is 0 Å². The summed E-state index contributed by atoms with van der Waals surface area (Å²) in [6.07, 6.45) is -0.835. The fourth-order valence-corrected chi connectivity index (χ4v) is 1.44. The largest absolute Gasteiger partial charge is 0.394 e. The van der Waals surface area contributed by atoms with Gasteiger partial charge in [0.15, 0.2) is 0 Å². The Morgan fingerprint density at radius 3 is 1.17 bits per heavy atom. The van der Waals surface area contributed by atoms with E-state index in [9.17, 15) is 0 Å². The Morgan fingerprint density at radius 2 is 0.833 bits per heavy atom. The molecule has 0 saturated carbocycles. The maximum Gasteiger partial charge on any atom is 0.100 e. The summed E-state index contributed by atoms with van der Waals surface area (Å²) in [5, 5.41) is 26.1. The fraction of sp³-hybridized carbons (Fsp3) is 1.00. The first-order valence-electron chi connectivity index (χ1n) is 8.17. The first kappa shape index (κ1) is 23.6. The molecule has 0 saturated heterocycles. The van der Waals surface area contributed by atoms with Crippen LogP contribution in [0.5, 0.6) is 0 Å². The second kappa shape index (κ2) is 20.7. The monoisotopic (exact) mass is 356 g/mol. The standard InChI is InChI=1S/C15H32O9/c16-1-2-19-3-4-20-5-6-21-7-8-22-9-10-23-11-12-24-14-15(18)13-17/h15-18H,1-14H2. The van der Waals surface area contributed by atoms with Crippen LogP contribution >= 0.6 is 0 Å². The van der Waals surface area contributed by atoms with E-state index in [4.69, 9.17) is 43.7 Å². The zero-order chi connectivity index (χ0) is 17.7. The molecule has 0 fully saturated rings. The Labute approximate surface area is 143 Å². The van der Waals surface area contributed by atoms with Crippen LogP contribution in [-0.4, -0.2) is 114 Å². The molecule has 0 aliphatic rings. The van der Waals surface area contributed by atoms with E-state index in [-0.39, 0.29) is 19.8 Å². The van der Waals surface area contributed by atoms with Crippen molar-refractivity contribution in [3.63, 3.8) is 0 Å². The normalized spacial score (nSPS) is 12.6. The SMILES string of the molecule is OCCOCCOCCOCCOCCOCCOCC(O)CO. The van der Waals surface area contributed by atoms with Crippen molar-refractivity contribution in [3.8, 4) is 0 Å². The summed E-state index contributed by atoms with van der Waals surface area (Å²) in [5.74, 6) is 0. The molecule has 9 nitrogen and oxygen atoms in total. The lowest BCUT2D eigenvalue weighted by molar-refractivity contribution is -0.0304. The van der Waals surface area contributed by atoms with E-state index < -0.39 is 6.10 Å². The highest BCUT2D eigenvalue weighted by Gasteiger charge is 2.00. The van der Waals surface area contributed by atoms with Crippen molar-refractivity contribution in [1.82, 2.24) is 0 Å². The second-order valence-corrected chi connectivity index (χ2v) is 4.70. The minimum absolute atomic E-state index is 0.0245. The maximum atomic E-state index is 9.02. The van der Waals surface area contributed by atoms with Crippen LogP contribution in [0, 0.1) is 0 Å². The number of rotatable bonds is 20. The second-order valence-electron chi connectivity index (χ2n) is 4.70. The highest BCUT2D eigenvalue weighted by Crippen LogP contribution is 1.86. The van der Waals surface area contributed by atoms with Gasteiger partial charge in [-0.2, -0.15) is 0 Å². The van der Waals surface area contributed by atoms with Gasteiger partial charge in [0.05, 0.1) is 92.5 Å². The fourth-order valence-electron chi connectivity index (χ4n) is 1.44. The zero-order valence-corrected chi connectivity index (χ0v) is 14.3. The summed E-state index contributed by atoms with van der Waals surface area (Å²) in [7, 11) is 0. The number of aliphatic hydroxyl groups is 3. The van der Waals surface area contributed by atoms with Gasteiger partial charge in [0.25, 0.3) is 0 Å². The predicted molar refractivity (Wildman–Crippen MR) is 85.1 cm³/mol. The maximum absolute atomic E-state index is 9.02. The van der Waals surface area contributed by atoms with Crippen LogP contribution in [0.2, 0.25) is 0 Å². The molecule has 0 radical (unpaired) electrons. The van der Waals surface area contributed by atoms with Gasteiger partial charge >= 0.3 is 0 Å². The quantitative estimate of drug-likeness (QED) is 0.223. The van der Waals surface area contributed by atoms with E-state index in [0.717, 1.165) is 0 Å². The average Bonchev–Trinajstić information content (AvgIpc) is 2.60. The Balaban J connectivity index is 2.98. The molecule has 0 rings (SSSR count). The van der Waals surface area contributed by atoms with Crippen LogP contribution in [0.4, 0.5) is 0 Å². The molecule has 0 amide bonds. The summed E-state index contributed by atoms with van der Waals surface area (Å²) in [4.78, 5) is 0. The lowest BCUT2D eigenvalue weighted by atomic mass is 10.4. The Hall–Kier alpha value is -0.360. The molecular formula is C15H32O9. The Bertz CT molecular complexity index is 231. The van der Waals surface area contributed by atoms with Crippen LogP contribution in [0.1, 0.15) is 0 Å². The van der Waals surface area contributed by atoms with E-state index in [1.165, 1.54) is 0 Å². The smallest absolute Gasteiger partial charge is 0.100 e. The average molecular weight is 356 g/mol. The molecule has 1 atom stereocenters. The zero-order valence-electron chi connectivity index (χ0n) is 14.3. The summed E-state index contributed by atoms with van der Waals surface area (Å²) < 4.78 is 31.3. The van der Waals surface area contributed by atoms with E-state index in [1.54, 1.807) is 0 Å². The molecule has 9 heteroatoms. The third-order valence-electron chi connectivity index (χ3n) is 2.62. The summed E-state index contributed by atoms with van der Waals surface area (Å²) in [6.45, 7) is 4.80. The summed E-state index contributed by atoms with van der Waals surface area (Å²) in [5.41, 5.74) is 0. The molecule has 0 aromatic heterocycles. The number of ether oxygens (including phenoxy) is 6. The Kier molecular flexibility index (Phi) is 20.4. The van der Waals surface area contributed by atoms with Crippen LogP contribution in [0.3, 0.4) is 0 Å². The molecule has 1 unspecified atom stereocenters. The first-order valence-corrected chi connectivity index (χ1v) is 8.17. The lowest BCUT2D eigenvalue weighted by Gasteiger charge is -2.09. The molecule has 24 heavy (non-hydrogen) atoms. The van der Waals surface area contributed by atoms with Gasteiger partial charge < -0.3 is 43.7 Å². The van der Waals surface area contributed by atoms with Crippen LogP contribution in [0.15, 0.2) is 0 Å². The van der Waals surface area contributed by atoms with Gasteiger partial charge in [-0.15, -0.1) is 0 Å². The van der Waals surface area contributed by atoms with Crippen molar-refractivity contribution >= 4 is 0 Å². The number of hydrogen-bond donors (Lipinski definition) is 3. The Morgan fingerprint density at radius 1 is 0.500 bits per heavy atom. The first-order chi connectivity index (χ1) is 11.8. The highest BCUT2D eigenvalue weighted by molar-refractivity contribution is 4.48. The van der Waals surface area contributed by atoms with Gasteiger partial charge in [0.2, 0.25) is 0 Å². The van der Waals surface area contributed by atoms with Gasteiger partial charge in [0.1, 0.15) is 6.10 Å². The summed E-state index contributed by atoms with van der Waals surface area (Å²) in [6, 6.07) is 0. The van der Waals surface area contributed by atoms with Crippen molar-refractivity contribution < 1.29 is 43.7 Å². The molecule has 0 bridgehead atoms. The molecule has 146 valence electrons. The van der Waals surface area contributed by atoms with Crippen molar-refractivity contribution in [2.24, 2.45) is 0 Å². The van der Waals surface area contributed by atoms with E-state index in [1.807, 2.05) is 0 Å². The minimum Gasteiger partial charge on any atom is -0.394 e. The molecule has 0 aromatic rings. The molecular weight excluding hydrogens is 324 g/mol. The van der Waals surface area contributed by atoms with Crippen molar-refractivity contribution in [2.75, 3.05) is 92.5 Å². The highest BCUT2D eigenvalue weighted by atomic mass is 16.6. The molecule has 0 aliphatic carbocycles. The van der Waals surface area contributed by atoms with Crippen LogP contribution in [0.25, 0.3) is 0 Å². The summed E-state index contributed by atoms with van der Waals surface area (Å²) >= 11 is 0. The third kappa shape index (κ3) is 19.7. The van der Waals surface area contributed by atoms with Gasteiger partial charge in [-0.3, -0.25) is 0 Å². The minimum atomic E-state index is -0.835. The van der Waals surface area contributed by atoms with Crippen molar-refractivity contribution in [3.05, 3.63) is 0 Å². The van der Waals surface area contributed by atoms with Gasteiger partial charge in [-0.05, 0) is 0 Å². The molecule has 0 heterocycles. The van der Waals surface area contributed by atoms with Gasteiger partial charge in [-0.25, -0.2) is 0 Å². The van der Waals surface area contributed by atoms with Gasteiger partial charge in [-0.1, -0.05) is 0 Å². The number of hydrogen-bond acceptors (Lipinski definition) is 9. The van der Waals surface area contributed by atoms with E-state index in [2.05, 4.69) is 0 Å². The topological polar surface area (TPSA) is 116 Å². The number of aliphatic hydroxyl groups excluding tert-OH is 3.